The Hall–Kier alpha value is -3.15. The van der Waals surface area contributed by atoms with Crippen molar-refractivity contribution in [1.82, 2.24) is 0 Å². The number of nitrogens with zero attached hydrogens (tertiary/aromatic N) is 2. The maximum Gasteiger partial charge on any atom is 0.311 e. The molecule has 2 amide bonds. The molecule has 1 atom stereocenters. The lowest BCUT2D eigenvalue weighted by molar-refractivity contribution is -0.151. The number of amides is 2. The van der Waals surface area contributed by atoms with E-state index in [0.29, 0.717) is 6.54 Å². The number of ether oxygens (including phenoxy) is 1. The van der Waals surface area contributed by atoms with Gasteiger partial charge >= 0.3 is 5.97 Å². The van der Waals surface area contributed by atoms with E-state index in [1.807, 2.05) is 55.5 Å². The fraction of sp³-hybridized carbons (Fsp3) is 0.348. The van der Waals surface area contributed by atoms with E-state index in [0.717, 1.165) is 35.3 Å². The van der Waals surface area contributed by atoms with Crippen LogP contribution in [0.5, 0.6) is 0 Å². The van der Waals surface area contributed by atoms with Crippen molar-refractivity contribution in [1.29, 1.82) is 0 Å². The molecule has 2 aliphatic rings. The van der Waals surface area contributed by atoms with Gasteiger partial charge in [0.25, 0.3) is 5.91 Å². The molecule has 150 valence electrons. The van der Waals surface area contributed by atoms with Crippen molar-refractivity contribution in [2.24, 2.45) is 5.92 Å². The summed E-state index contributed by atoms with van der Waals surface area (Å²) in [4.78, 5) is 40.7. The number of hydrogen-bond donors (Lipinski definition) is 0. The Labute approximate surface area is 170 Å². The number of fused-ring (bicyclic) bond motifs is 1. The first kappa shape index (κ1) is 19.2. The van der Waals surface area contributed by atoms with Gasteiger partial charge in [-0.1, -0.05) is 35.9 Å². The molecule has 1 saturated heterocycles. The summed E-state index contributed by atoms with van der Waals surface area (Å²) in [7, 11) is 0. The second-order valence-corrected chi connectivity index (χ2v) is 7.63. The highest BCUT2D eigenvalue weighted by Crippen LogP contribution is 2.28. The zero-order valence-corrected chi connectivity index (χ0v) is 16.5. The van der Waals surface area contributed by atoms with E-state index in [2.05, 4.69) is 0 Å². The lowest BCUT2D eigenvalue weighted by Gasteiger charge is -2.29. The molecule has 2 aliphatic heterocycles. The van der Waals surface area contributed by atoms with Crippen molar-refractivity contribution in [3.63, 3.8) is 0 Å². The highest BCUT2D eigenvalue weighted by atomic mass is 16.5. The molecule has 1 fully saturated rings. The molecule has 2 aromatic carbocycles. The van der Waals surface area contributed by atoms with Crippen molar-refractivity contribution in [3.05, 3.63) is 59.7 Å². The van der Waals surface area contributed by atoms with E-state index in [1.54, 1.807) is 9.80 Å². The van der Waals surface area contributed by atoms with Crippen LogP contribution in [0.1, 0.15) is 24.0 Å². The van der Waals surface area contributed by atoms with Gasteiger partial charge < -0.3 is 14.5 Å². The van der Waals surface area contributed by atoms with Crippen LogP contribution in [0.15, 0.2) is 48.5 Å². The van der Waals surface area contributed by atoms with Gasteiger partial charge in [0.05, 0.1) is 5.92 Å². The van der Waals surface area contributed by atoms with Crippen molar-refractivity contribution in [2.75, 3.05) is 29.5 Å². The first-order valence-corrected chi connectivity index (χ1v) is 9.95. The van der Waals surface area contributed by atoms with Gasteiger partial charge in [0.15, 0.2) is 6.61 Å². The van der Waals surface area contributed by atoms with E-state index in [-0.39, 0.29) is 31.4 Å². The zero-order valence-electron chi connectivity index (χ0n) is 16.5. The molecule has 4 rings (SSSR count). The number of anilines is 2. The van der Waals surface area contributed by atoms with Crippen LogP contribution in [0.25, 0.3) is 0 Å². The lowest BCUT2D eigenvalue weighted by Crippen LogP contribution is -2.39. The predicted octanol–water partition coefficient (Wildman–Crippen LogP) is 2.87. The van der Waals surface area contributed by atoms with Crippen molar-refractivity contribution in [3.8, 4) is 0 Å². The van der Waals surface area contributed by atoms with E-state index < -0.39 is 11.9 Å². The van der Waals surface area contributed by atoms with Crippen molar-refractivity contribution in [2.45, 2.75) is 26.2 Å². The van der Waals surface area contributed by atoms with E-state index >= 15 is 0 Å². The normalized spacial score (nSPS) is 18.5. The molecule has 0 spiro atoms. The van der Waals surface area contributed by atoms with E-state index in [4.69, 9.17) is 4.74 Å². The number of para-hydroxylation sites is 1. The van der Waals surface area contributed by atoms with E-state index in [9.17, 15) is 14.4 Å². The van der Waals surface area contributed by atoms with Crippen molar-refractivity contribution < 1.29 is 19.1 Å². The average Bonchev–Trinajstić information content (AvgIpc) is 3.13. The topological polar surface area (TPSA) is 66.9 Å². The minimum atomic E-state index is -0.551. The monoisotopic (exact) mass is 392 g/mol. The molecule has 0 aliphatic carbocycles. The number of aryl methyl sites for hydroxylation is 2. The fourth-order valence-electron chi connectivity index (χ4n) is 3.96. The molecular weight excluding hydrogens is 368 g/mol. The van der Waals surface area contributed by atoms with Crippen LogP contribution < -0.4 is 9.80 Å². The Kier molecular flexibility index (Phi) is 5.34. The third kappa shape index (κ3) is 4.01. The molecule has 0 aromatic heterocycles. The summed E-state index contributed by atoms with van der Waals surface area (Å²) in [5.41, 5.74) is 3.90. The van der Waals surface area contributed by atoms with Crippen LogP contribution >= 0.6 is 0 Å². The van der Waals surface area contributed by atoms with Gasteiger partial charge in [0.1, 0.15) is 0 Å². The quantitative estimate of drug-likeness (QED) is 0.751. The van der Waals surface area contributed by atoms with Gasteiger partial charge in [0, 0.05) is 30.9 Å². The molecule has 0 unspecified atom stereocenters. The molecule has 0 N–H and O–H groups in total. The van der Waals surface area contributed by atoms with Crippen LogP contribution in [0, 0.1) is 12.8 Å². The largest absolute Gasteiger partial charge is 0.455 e. The Balaban J connectivity index is 1.35. The number of carbonyl (C=O) groups excluding carboxylic acids is 3. The smallest absolute Gasteiger partial charge is 0.311 e. The minimum absolute atomic E-state index is 0.105. The van der Waals surface area contributed by atoms with Crippen LogP contribution in [-0.2, 0) is 25.5 Å². The summed E-state index contributed by atoms with van der Waals surface area (Å²) in [5, 5.41) is 0. The molecule has 29 heavy (non-hydrogen) atoms. The number of carbonyl (C=O) groups is 3. The van der Waals surface area contributed by atoms with Crippen LogP contribution in [0.3, 0.4) is 0 Å². The third-order valence-electron chi connectivity index (χ3n) is 5.55. The standard InChI is InChI=1S/C23H24N2O4/c1-16-8-10-19(11-9-16)25-14-18(13-21(25)26)23(28)29-15-22(27)24-12-4-6-17-5-2-3-7-20(17)24/h2-3,5,7-11,18H,4,6,12-15H2,1H3/t18-/m1/s1. The highest BCUT2D eigenvalue weighted by Gasteiger charge is 2.36. The Morgan fingerprint density at radius 1 is 1.10 bits per heavy atom. The molecule has 2 aromatic rings. The van der Waals surface area contributed by atoms with Gasteiger partial charge in [-0.3, -0.25) is 14.4 Å². The molecule has 0 radical (unpaired) electrons. The Bertz CT molecular complexity index is 938. The number of benzene rings is 2. The molecule has 6 nitrogen and oxygen atoms in total. The third-order valence-corrected chi connectivity index (χ3v) is 5.55. The second kappa shape index (κ2) is 8.07. The molecule has 0 bridgehead atoms. The first-order valence-electron chi connectivity index (χ1n) is 9.95. The number of esters is 1. The summed E-state index contributed by atoms with van der Waals surface area (Å²) in [5.74, 6) is -1.38. The summed E-state index contributed by atoms with van der Waals surface area (Å²) >= 11 is 0. The van der Waals surface area contributed by atoms with Gasteiger partial charge in [-0.05, 0) is 43.5 Å². The van der Waals surface area contributed by atoms with Crippen LogP contribution in [0.2, 0.25) is 0 Å². The number of hydrogen-bond acceptors (Lipinski definition) is 4. The van der Waals surface area contributed by atoms with Gasteiger partial charge in [-0.15, -0.1) is 0 Å². The van der Waals surface area contributed by atoms with E-state index in [1.165, 1.54) is 0 Å². The predicted molar refractivity (Wildman–Crippen MR) is 110 cm³/mol. The average molecular weight is 392 g/mol. The molecule has 6 heteroatoms. The minimum Gasteiger partial charge on any atom is -0.455 e. The fourth-order valence-corrected chi connectivity index (χ4v) is 3.96. The van der Waals surface area contributed by atoms with Gasteiger partial charge in [0.2, 0.25) is 5.91 Å². The summed E-state index contributed by atoms with van der Waals surface area (Å²) in [6.45, 7) is 2.58. The summed E-state index contributed by atoms with van der Waals surface area (Å²) in [6.07, 6.45) is 1.94. The molecule has 2 heterocycles. The van der Waals surface area contributed by atoms with Crippen LogP contribution in [-0.4, -0.2) is 37.5 Å². The molecule has 0 saturated carbocycles. The Morgan fingerprint density at radius 3 is 2.66 bits per heavy atom. The maximum absolute atomic E-state index is 12.6. The SMILES string of the molecule is Cc1ccc(N2C[C@H](C(=O)OCC(=O)N3CCCc4ccccc43)CC2=O)cc1. The lowest BCUT2D eigenvalue weighted by atomic mass is 10.0. The van der Waals surface area contributed by atoms with Crippen LogP contribution in [0.4, 0.5) is 11.4 Å². The maximum atomic E-state index is 12.6. The van der Waals surface area contributed by atoms with Gasteiger partial charge in [-0.25, -0.2) is 0 Å². The molecular formula is C23H24N2O4. The van der Waals surface area contributed by atoms with Crippen molar-refractivity contribution >= 4 is 29.2 Å². The van der Waals surface area contributed by atoms with Gasteiger partial charge in [-0.2, -0.15) is 0 Å². The highest BCUT2D eigenvalue weighted by molar-refractivity contribution is 6.00. The summed E-state index contributed by atoms with van der Waals surface area (Å²) < 4.78 is 5.30. The summed E-state index contributed by atoms with van der Waals surface area (Å²) in [6, 6.07) is 15.4. The number of rotatable bonds is 4. The zero-order chi connectivity index (χ0) is 20.4. The Morgan fingerprint density at radius 2 is 1.86 bits per heavy atom. The second-order valence-electron chi connectivity index (χ2n) is 7.63. The first-order chi connectivity index (χ1) is 14.0.